The predicted molar refractivity (Wildman–Crippen MR) is 124 cm³/mol. The number of alkyl halides is 3. The third-order valence-corrected chi connectivity index (χ3v) is 6.69. The minimum atomic E-state index is -4.61. The first kappa shape index (κ1) is 24.2. The molecule has 0 bridgehead atoms. The van der Waals surface area contributed by atoms with Crippen molar-refractivity contribution < 1.29 is 31.5 Å². The minimum Gasteiger partial charge on any atom is -0.483 e. The maximum absolute atomic E-state index is 14.0. The quantitative estimate of drug-likeness (QED) is 0.347. The molecule has 36 heavy (non-hydrogen) atoms. The van der Waals surface area contributed by atoms with Gasteiger partial charge >= 0.3 is 6.18 Å². The molecule has 0 radical (unpaired) electrons. The van der Waals surface area contributed by atoms with Crippen molar-refractivity contribution in [2.24, 2.45) is 0 Å². The van der Waals surface area contributed by atoms with Gasteiger partial charge in [0.05, 0.1) is 12.2 Å². The molecule has 1 amide bonds. The first-order chi connectivity index (χ1) is 17.2. The van der Waals surface area contributed by atoms with Gasteiger partial charge in [0, 0.05) is 40.1 Å². The number of amides is 1. The molecule has 9 heteroatoms. The second-order valence-corrected chi connectivity index (χ2v) is 9.17. The van der Waals surface area contributed by atoms with Gasteiger partial charge in [-0.2, -0.15) is 13.2 Å². The predicted octanol–water partition coefficient (Wildman–Crippen LogP) is 7.18. The fourth-order valence-electron chi connectivity index (χ4n) is 4.95. The van der Waals surface area contributed by atoms with Crippen molar-refractivity contribution in [1.82, 2.24) is 4.98 Å². The van der Waals surface area contributed by atoms with Gasteiger partial charge in [0.25, 0.3) is 5.91 Å². The van der Waals surface area contributed by atoms with E-state index < -0.39 is 24.4 Å². The summed E-state index contributed by atoms with van der Waals surface area (Å²) >= 11 is 0. The number of ether oxygens (including phenoxy) is 1. The molecular weight excluding hydrogens is 479 g/mol. The molecule has 1 aliphatic carbocycles. The molecule has 1 aliphatic heterocycles. The monoisotopic (exact) mass is 502 g/mol. The Hall–Kier alpha value is -3.49. The van der Waals surface area contributed by atoms with Crippen LogP contribution in [-0.2, 0) is 6.54 Å². The van der Waals surface area contributed by atoms with E-state index in [0.717, 1.165) is 44.2 Å². The summed E-state index contributed by atoms with van der Waals surface area (Å²) in [5.41, 5.74) is 2.54. The van der Waals surface area contributed by atoms with Crippen LogP contribution in [0.5, 0.6) is 5.75 Å². The van der Waals surface area contributed by atoms with Crippen molar-refractivity contribution in [2.45, 2.75) is 50.7 Å². The third-order valence-electron chi connectivity index (χ3n) is 6.69. The number of anilines is 1. The number of carbonyl (C=O) groups is 1. The summed E-state index contributed by atoms with van der Waals surface area (Å²) in [5.74, 6) is -1.69. The SMILES string of the molecule is O=C1c2cc(C3CCCCC3)nc(-c3ccc(F)cc3OCC(F)(F)F)c2CN1c1ccc(F)cc1. The summed E-state index contributed by atoms with van der Waals surface area (Å²) < 4.78 is 71.2. The van der Waals surface area contributed by atoms with Crippen LogP contribution < -0.4 is 9.64 Å². The van der Waals surface area contributed by atoms with Gasteiger partial charge in [-0.25, -0.2) is 8.78 Å². The number of fused-ring (bicyclic) bond motifs is 1. The summed E-state index contributed by atoms with van der Waals surface area (Å²) in [6.07, 6.45) is 0.316. The lowest BCUT2D eigenvalue weighted by atomic mass is 9.85. The summed E-state index contributed by atoms with van der Waals surface area (Å²) in [6, 6.07) is 10.6. The summed E-state index contributed by atoms with van der Waals surface area (Å²) in [7, 11) is 0. The molecule has 1 saturated carbocycles. The van der Waals surface area contributed by atoms with Crippen molar-refractivity contribution in [1.29, 1.82) is 0 Å². The molecule has 0 saturated heterocycles. The average molecular weight is 502 g/mol. The van der Waals surface area contributed by atoms with Crippen molar-refractivity contribution in [3.05, 3.63) is 77.0 Å². The van der Waals surface area contributed by atoms with Gasteiger partial charge in [0.1, 0.15) is 17.4 Å². The van der Waals surface area contributed by atoms with E-state index in [4.69, 9.17) is 9.72 Å². The Morgan fingerprint density at radius 3 is 2.31 bits per heavy atom. The molecule has 1 fully saturated rings. The van der Waals surface area contributed by atoms with Crippen LogP contribution in [-0.4, -0.2) is 23.7 Å². The zero-order valence-corrected chi connectivity index (χ0v) is 19.2. The van der Waals surface area contributed by atoms with Crippen molar-refractivity contribution in [3.8, 4) is 17.0 Å². The van der Waals surface area contributed by atoms with E-state index in [2.05, 4.69) is 0 Å². The molecule has 3 aromatic rings. The minimum absolute atomic E-state index is 0.0865. The summed E-state index contributed by atoms with van der Waals surface area (Å²) in [6.45, 7) is -1.50. The van der Waals surface area contributed by atoms with E-state index >= 15 is 0 Å². The Bertz CT molecular complexity index is 1280. The molecule has 0 atom stereocenters. The van der Waals surface area contributed by atoms with Crippen molar-refractivity contribution in [2.75, 3.05) is 11.5 Å². The maximum Gasteiger partial charge on any atom is 0.422 e. The third kappa shape index (κ3) is 4.92. The lowest BCUT2D eigenvalue weighted by molar-refractivity contribution is -0.153. The molecular formula is C27H23F5N2O2. The molecule has 188 valence electrons. The van der Waals surface area contributed by atoms with E-state index in [0.29, 0.717) is 28.2 Å². The molecule has 2 heterocycles. The number of carbonyl (C=O) groups excluding carboxylic acids is 1. The zero-order chi connectivity index (χ0) is 25.4. The highest BCUT2D eigenvalue weighted by Crippen LogP contribution is 2.41. The van der Waals surface area contributed by atoms with Crippen LogP contribution in [0.2, 0.25) is 0 Å². The van der Waals surface area contributed by atoms with Gasteiger partial charge in [0.15, 0.2) is 6.61 Å². The Morgan fingerprint density at radius 1 is 0.917 bits per heavy atom. The Labute approximate surface area is 204 Å². The highest BCUT2D eigenvalue weighted by Gasteiger charge is 2.35. The number of aromatic nitrogens is 1. The van der Waals surface area contributed by atoms with Gasteiger partial charge in [-0.1, -0.05) is 19.3 Å². The first-order valence-electron chi connectivity index (χ1n) is 11.8. The Balaban J connectivity index is 1.63. The Morgan fingerprint density at radius 2 is 1.61 bits per heavy atom. The fraction of sp³-hybridized carbons (Fsp3) is 0.333. The topological polar surface area (TPSA) is 42.4 Å². The van der Waals surface area contributed by atoms with Crippen LogP contribution in [0.25, 0.3) is 11.3 Å². The molecule has 0 unspecified atom stereocenters. The smallest absolute Gasteiger partial charge is 0.422 e. The largest absolute Gasteiger partial charge is 0.483 e. The van der Waals surface area contributed by atoms with E-state index in [1.807, 2.05) is 0 Å². The molecule has 2 aliphatic rings. The highest BCUT2D eigenvalue weighted by molar-refractivity contribution is 6.11. The molecule has 2 aromatic carbocycles. The van der Waals surface area contributed by atoms with Crippen LogP contribution in [0.15, 0.2) is 48.5 Å². The summed E-state index contributed by atoms with van der Waals surface area (Å²) in [4.78, 5) is 19.8. The van der Waals surface area contributed by atoms with Crippen molar-refractivity contribution in [3.63, 3.8) is 0 Å². The standard InChI is InChI=1S/C27H23F5N2O2/c28-17-6-9-19(10-7-17)34-14-22-21(26(34)35)13-23(16-4-2-1-3-5-16)33-25(22)20-11-8-18(29)12-24(20)36-15-27(30,31)32/h6-13,16H,1-5,14-15H2. The molecule has 4 nitrogen and oxygen atoms in total. The number of halogens is 5. The van der Waals surface area contributed by atoms with Crippen LogP contribution in [0.3, 0.4) is 0 Å². The first-order valence-corrected chi connectivity index (χ1v) is 11.8. The van der Waals surface area contributed by atoms with E-state index in [1.54, 1.807) is 6.07 Å². The maximum atomic E-state index is 14.0. The fourth-order valence-corrected chi connectivity index (χ4v) is 4.95. The van der Waals surface area contributed by atoms with Crippen molar-refractivity contribution >= 4 is 11.6 Å². The summed E-state index contributed by atoms with van der Waals surface area (Å²) in [5, 5.41) is 0. The number of benzene rings is 2. The number of hydrogen-bond donors (Lipinski definition) is 0. The van der Waals surface area contributed by atoms with E-state index in [1.165, 1.54) is 35.2 Å². The van der Waals surface area contributed by atoms with Crippen LogP contribution in [0.1, 0.15) is 59.6 Å². The van der Waals surface area contributed by atoms with Crippen LogP contribution in [0, 0.1) is 11.6 Å². The number of nitrogens with zero attached hydrogens (tertiary/aromatic N) is 2. The highest BCUT2D eigenvalue weighted by atomic mass is 19.4. The van der Waals surface area contributed by atoms with E-state index in [-0.39, 0.29) is 29.7 Å². The zero-order valence-electron chi connectivity index (χ0n) is 19.2. The number of pyridine rings is 1. The average Bonchev–Trinajstić information content (AvgIpc) is 3.19. The molecule has 5 rings (SSSR count). The van der Waals surface area contributed by atoms with Gasteiger partial charge in [-0.05, 0) is 55.3 Å². The molecule has 0 spiro atoms. The normalized spacial score (nSPS) is 16.4. The van der Waals surface area contributed by atoms with E-state index in [9.17, 15) is 26.7 Å². The van der Waals surface area contributed by atoms with Gasteiger partial charge in [-0.3, -0.25) is 9.78 Å². The number of rotatable bonds is 5. The van der Waals surface area contributed by atoms with Crippen LogP contribution >= 0.6 is 0 Å². The second kappa shape index (κ2) is 9.52. The lowest BCUT2D eigenvalue weighted by Gasteiger charge is -2.23. The van der Waals surface area contributed by atoms with Gasteiger partial charge in [-0.15, -0.1) is 0 Å². The van der Waals surface area contributed by atoms with Crippen LogP contribution in [0.4, 0.5) is 27.6 Å². The second-order valence-electron chi connectivity index (χ2n) is 9.17. The number of hydrogen-bond acceptors (Lipinski definition) is 3. The molecule has 0 N–H and O–H groups in total. The molecule has 1 aromatic heterocycles. The van der Waals surface area contributed by atoms with Gasteiger partial charge in [0.2, 0.25) is 0 Å². The lowest BCUT2D eigenvalue weighted by Crippen LogP contribution is -2.22. The van der Waals surface area contributed by atoms with Gasteiger partial charge < -0.3 is 9.64 Å². The Kier molecular flexibility index (Phi) is 6.40.